The van der Waals surface area contributed by atoms with Crippen molar-refractivity contribution in [3.8, 4) is 0 Å². The van der Waals surface area contributed by atoms with Gasteiger partial charge in [0.2, 0.25) is 0 Å². The molecule has 0 aliphatic heterocycles. The zero-order valence-corrected chi connectivity index (χ0v) is 14.0. The predicted octanol–water partition coefficient (Wildman–Crippen LogP) is 2.88. The van der Waals surface area contributed by atoms with Gasteiger partial charge in [-0.15, -0.1) is 0 Å². The fraction of sp³-hybridized carbons (Fsp3) is 0.133. The number of nitro groups is 1. The number of halogens is 2. The lowest BCUT2D eigenvalue weighted by Gasteiger charge is -2.06. The highest BCUT2D eigenvalue weighted by atomic mass is 32.2. The van der Waals surface area contributed by atoms with Gasteiger partial charge in [-0.2, -0.15) is 18.4 Å². The predicted molar refractivity (Wildman–Crippen MR) is 86.7 cm³/mol. The summed E-state index contributed by atoms with van der Waals surface area (Å²) in [5.41, 5.74) is 0.232. The second-order valence-electron chi connectivity index (χ2n) is 5.13. The van der Waals surface area contributed by atoms with E-state index in [1.807, 2.05) is 4.83 Å². The van der Waals surface area contributed by atoms with Gasteiger partial charge in [-0.05, 0) is 38.1 Å². The number of nitrogens with zero attached hydrogens (tertiary/aromatic N) is 2. The van der Waals surface area contributed by atoms with E-state index in [9.17, 15) is 27.3 Å². The first-order chi connectivity index (χ1) is 11.6. The standard InChI is InChI=1S/C15H13F2N3O4S/c1-9-3-5-12(8-15(9)20(21)22)25(23,24)19-18-10(2)11-4-6-13(16)14(17)7-11/h3-8,19H,1-2H3/b18-10+. The lowest BCUT2D eigenvalue weighted by molar-refractivity contribution is -0.385. The van der Waals surface area contributed by atoms with Gasteiger partial charge in [0.05, 0.1) is 15.5 Å². The van der Waals surface area contributed by atoms with Gasteiger partial charge in [0, 0.05) is 17.2 Å². The number of rotatable bonds is 5. The number of hydrogen-bond acceptors (Lipinski definition) is 5. The topological polar surface area (TPSA) is 102 Å². The normalized spacial score (nSPS) is 12.1. The highest BCUT2D eigenvalue weighted by molar-refractivity contribution is 7.89. The van der Waals surface area contributed by atoms with Gasteiger partial charge in [-0.1, -0.05) is 6.07 Å². The summed E-state index contributed by atoms with van der Waals surface area (Å²) in [6.45, 7) is 2.88. The van der Waals surface area contributed by atoms with Gasteiger partial charge >= 0.3 is 0 Å². The number of aryl methyl sites for hydroxylation is 1. The zero-order valence-electron chi connectivity index (χ0n) is 13.2. The zero-order chi connectivity index (χ0) is 18.8. The third-order valence-corrected chi connectivity index (χ3v) is 4.56. The molecule has 0 aliphatic carbocycles. The molecule has 7 nitrogen and oxygen atoms in total. The Labute approximate surface area is 142 Å². The Kier molecular flexibility index (Phi) is 5.12. The molecule has 2 aromatic rings. The Bertz CT molecular complexity index is 975. The smallest absolute Gasteiger partial charge is 0.258 e. The van der Waals surface area contributed by atoms with Crippen molar-refractivity contribution >= 4 is 21.4 Å². The van der Waals surface area contributed by atoms with Crippen molar-refractivity contribution in [3.05, 3.63) is 69.3 Å². The summed E-state index contributed by atoms with van der Waals surface area (Å²) in [5, 5.41) is 14.5. The monoisotopic (exact) mass is 369 g/mol. The van der Waals surface area contributed by atoms with E-state index in [2.05, 4.69) is 5.10 Å². The molecule has 2 rings (SSSR count). The van der Waals surface area contributed by atoms with Crippen molar-refractivity contribution in [1.29, 1.82) is 0 Å². The van der Waals surface area contributed by atoms with Crippen molar-refractivity contribution in [3.63, 3.8) is 0 Å². The van der Waals surface area contributed by atoms with Crippen LogP contribution >= 0.6 is 0 Å². The third kappa shape index (κ3) is 4.15. The number of nitro benzene ring substituents is 1. The summed E-state index contributed by atoms with van der Waals surface area (Å²) < 4.78 is 50.5. The van der Waals surface area contributed by atoms with Gasteiger partial charge in [0.25, 0.3) is 15.7 Å². The summed E-state index contributed by atoms with van der Waals surface area (Å²) in [6, 6.07) is 6.43. The van der Waals surface area contributed by atoms with Crippen LogP contribution in [0, 0.1) is 28.7 Å². The highest BCUT2D eigenvalue weighted by Crippen LogP contribution is 2.22. The third-order valence-electron chi connectivity index (χ3n) is 3.36. The molecule has 0 aromatic heterocycles. The molecule has 0 bridgehead atoms. The number of benzene rings is 2. The number of sulfonamides is 1. The van der Waals surface area contributed by atoms with Crippen LogP contribution in [0.4, 0.5) is 14.5 Å². The first-order valence-corrected chi connectivity index (χ1v) is 8.36. The second kappa shape index (κ2) is 6.93. The first-order valence-electron chi connectivity index (χ1n) is 6.88. The average molecular weight is 369 g/mol. The molecule has 0 saturated carbocycles. The van der Waals surface area contributed by atoms with Crippen LogP contribution in [0.25, 0.3) is 0 Å². The van der Waals surface area contributed by atoms with Crippen LogP contribution in [0.15, 0.2) is 46.4 Å². The fourth-order valence-electron chi connectivity index (χ4n) is 1.92. The molecule has 0 heterocycles. The molecule has 0 atom stereocenters. The van der Waals surface area contributed by atoms with E-state index in [4.69, 9.17) is 0 Å². The average Bonchev–Trinajstić information content (AvgIpc) is 2.55. The van der Waals surface area contributed by atoms with E-state index in [0.717, 1.165) is 18.2 Å². The van der Waals surface area contributed by atoms with Crippen LogP contribution < -0.4 is 4.83 Å². The largest absolute Gasteiger partial charge is 0.276 e. The van der Waals surface area contributed by atoms with Crippen molar-refractivity contribution in [2.45, 2.75) is 18.7 Å². The number of hydrazone groups is 1. The Morgan fingerprint density at radius 3 is 2.44 bits per heavy atom. The lowest BCUT2D eigenvalue weighted by Crippen LogP contribution is -2.20. The van der Waals surface area contributed by atoms with Crippen LogP contribution in [0.2, 0.25) is 0 Å². The van der Waals surface area contributed by atoms with E-state index in [1.165, 1.54) is 32.0 Å². The van der Waals surface area contributed by atoms with Crippen molar-refractivity contribution in [2.24, 2.45) is 5.10 Å². The van der Waals surface area contributed by atoms with Crippen LogP contribution in [0.5, 0.6) is 0 Å². The molecule has 0 fully saturated rings. The molecule has 0 amide bonds. The summed E-state index contributed by atoms with van der Waals surface area (Å²) in [4.78, 5) is 11.8. The summed E-state index contributed by atoms with van der Waals surface area (Å²) in [5.74, 6) is -2.13. The molecule has 0 spiro atoms. The Hall–Kier alpha value is -2.88. The van der Waals surface area contributed by atoms with Gasteiger partial charge in [-0.3, -0.25) is 10.1 Å². The Morgan fingerprint density at radius 2 is 1.84 bits per heavy atom. The molecular formula is C15H13F2N3O4S. The van der Waals surface area contributed by atoms with Crippen LogP contribution in [0.1, 0.15) is 18.1 Å². The second-order valence-corrected chi connectivity index (χ2v) is 6.79. The highest BCUT2D eigenvalue weighted by Gasteiger charge is 2.19. The first kappa shape index (κ1) is 18.5. The SMILES string of the molecule is C/C(=N\NS(=O)(=O)c1ccc(C)c([N+](=O)[O-])c1)c1ccc(F)c(F)c1. The quantitative estimate of drug-likeness (QED) is 0.497. The molecule has 0 unspecified atom stereocenters. The lowest BCUT2D eigenvalue weighted by atomic mass is 10.1. The van der Waals surface area contributed by atoms with Crippen molar-refractivity contribution < 1.29 is 22.1 Å². The maximum absolute atomic E-state index is 13.2. The summed E-state index contributed by atoms with van der Waals surface area (Å²) >= 11 is 0. The van der Waals surface area contributed by atoms with E-state index in [-0.39, 0.29) is 21.9 Å². The molecule has 0 saturated heterocycles. The molecule has 0 radical (unpaired) electrons. The summed E-state index contributed by atoms with van der Waals surface area (Å²) in [6.07, 6.45) is 0. The van der Waals surface area contributed by atoms with Gasteiger partial charge in [0.1, 0.15) is 0 Å². The Morgan fingerprint density at radius 1 is 1.16 bits per heavy atom. The van der Waals surface area contributed by atoms with Crippen molar-refractivity contribution in [1.82, 2.24) is 4.83 Å². The van der Waals surface area contributed by atoms with Gasteiger partial charge in [-0.25, -0.2) is 8.78 Å². The van der Waals surface area contributed by atoms with E-state index >= 15 is 0 Å². The molecular weight excluding hydrogens is 356 g/mol. The summed E-state index contributed by atoms with van der Waals surface area (Å²) in [7, 11) is -4.16. The van der Waals surface area contributed by atoms with Crippen LogP contribution in [-0.4, -0.2) is 19.1 Å². The molecule has 1 N–H and O–H groups in total. The molecule has 0 aliphatic rings. The van der Waals surface area contributed by atoms with Crippen molar-refractivity contribution in [2.75, 3.05) is 0 Å². The fourth-order valence-corrected chi connectivity index (χ4v) is 2.80. The minimum atomic E-state index is -4.16. The molecule has 132 valence electrons. The Balaban J connectivity index is 2.30. The minimum Gasteiger partial charge on any atom is -0.258 e. The van der Waals surface area contributed by atoms with E-state index < -0.39 is 26.6 Å². The van der Waals surface area contributed by atoms with Crippen LogP contribution in [-0.2, 0) is 10.0 Å². The molecule has 2 aromatic carbocycles. The number of hydrogen-bond donors (Lipinski definition) is 1. The van der Waals surface area contributed by atoms with E-state index in [1.54, 1.807) is 0 Å². The maximum atomic E-state index is 13.2. The number of nitrogens with one attached hydrogen (secondary N) is 1. The minimum absolute atomic E-state index is 0.0871. The molecule has 25 heavy (non-hydrogen) atoms. The van der Waals surface area contributed by atoms with Crippen LogP contribution in [0.3, 0.4) is 0 Å². The van der Waals surface area contributed by atoms with E-state index in [0.29, 0.717) is 5.56 Å². The van der Waals surface area contributed by atoms with Gasteiger partial charge < -0.3 is 0 Å². The van der Waals surface area contributed by atoms with Gasteiger partial charge in [0.15, 0.2) is 11.6 Å². The maximum Gasteiger partial charge on any atom is 0.276 e. The molecule has 10 heteroatoms.